The van der Waals surface area contributed by atoms with Gasteiger partial charge in [0.05, 0.1) is 6.54 Å². The quantitative estimate of drug-likeness (QED) is 0.729. The fraction of sp³-hybridized carbons (Fsp3) is 0.583. The van der Waals surface area contributed by atoms with E-state index in [0.717, 1.165) is 37.1 Å². The van der Waals surface area contributed by atoms with E-state index in [0.29, 0.717) is 37.9 Å². The van der Waals surface area contributed by atoms with E-state index in [2.05, 4.69) is 15.0 Å². The number of nitrogens with zero attached hydrogens (tertiary/aromatic N) is 5. The minimum Gasteiger partial charge on any atom is -0.338 e. The van der Waals surface area contributed by atoms with Crippen LogP contribution in [-0.2, 0) is 16.1 Å². The molecule has 0 radical (unpaired) electrons. The molecule has 0 saturated carbocycles. The van der Waals surface area contributed by atoms with Crippen LogP contribution in [0.5, 0.6) is 0 Å². The lowest BCUT2D eigenvalue weighted by molar-refractivity contribution is -0.149. The van der Waals surface area contributed by atoms with Crippen LogP contribution in [0.1, 0.15) is 45.1 Å². The van der Waals surface area contributed by atoms with Gasteiger partial charge in [-0.3, -0.25) is 14.5 Å². The Kier molecular flexibility index (Phi) is 6.33. The number of hydrogen-bond donors (Lipinski definition) is 0. The number of carbonyl (C=O) groups excluding carboxylic acids is 2. The van der Waals surface area contributed by atoms with Gasteiger partial charge < -0.3 is 14.3 Å². The molecule has 2 aliphatic heterocycles. The van der Waals surface area contributed by atoms with Crippen molar-refractivity contribution >= 4 is 11.8 Å². The highest BCUT2D eigenvalue weighted by molar-refractivity contribution is 5.90. The van der Waals surface area contributed by atoms with E-state index in [4.69, 9.17) is 4.52 Å². The molecule has 0 bridgehead atoms. The van der Waals surface area contributed by atoms with Gasteiger partial charge in [-0.1, -0.05) is 50.2 Å². The third kappa shape index (κ3) is 4.70. The molecule has 2 fully saturated rings. The van der Waals surface area contributed by atoms with Crippen molar-refractivity contribution in [2.24, 2.45) is 5.41 Å². The molecule has 8 nitrogen and oxygen atoms in total. The maximum absolute atomic E-state index is 13.2. The molecule has 2 aliphatic rings. The third-order valence-electron chi connectivity index (χ3n) is 6.34. The highest BCUT2D eigenvalue weighted by atomic mass is 16.5. The second-order valence-electron chi connectivity index (χ2n) is 9.83. The number of aryl methyl sites for hydroxylation is 1. The van der Waals surface area contributed by atoms with Gasteiger partial charge in [-0.25, -0.2) is 0 Å². The Bertz CT molecular complexity index is 972. The van der Waals surface area contributed by atoms with Crippen LogP contribution in [0.25, 0.3) is 11.4 Å². The molecule has 3 heterocycles. The lowest BCUT2D eigenvalue weighted by Crippen LogP contribution is -2.55. The molecule has 0 spiro atoms. The number of piperazine rings is 1. The van der Waals surface area contributed by atoms with Crippen molar-refractivity contribution in [3.8, 4) is 11.4 Å². The maximum atomic E-state index is 13.2. The second kappa shape index (κ2) is 9.02. The molecule has 4 rings (SSSR count). The minimum atomic E-state index is -0.469. The first kappa shape index (κ1) is 22.5. The predicted molar refractivity (Wildman–Crippen MR) is 121 cm³/mol. The van der Waals surface area contributed by atoms with Crippen molar-refractivity contribution in [1.82, 2.24) is 24.8 Å². The van der Waals surface area contributed by atoms with Crippen LogP contribution >= 0.6 is 0 Å². The smallest absolute Gasteiger partial charge is 0.245 e. The molecule has 0 aliphatic carbocycles. The first-order valence-electron chi connectivity index (χ1n) is 11.4. The van der Waals surface area contributed by atoms with Crippen molar-refractivity contribution in [3.05, 3.63) is 35.7 Å². The highest BCUT2D eigenvalue weighted by Crippen LogP contribution is 2.27. The van der Waals surface area contributed by atoms with Crippen molar-refractivity contribution in [1.29, 1.82) is 0 Å². The van der Waals surface area contributed by atoms with Gasteiger partial charge in [-0.15, -0.1) is 0 Å². The highest BCUT2D eigenvalue weighted by Gasteiger charge is 2.40. The molecule has 2 saturated heterocycles. The summed E-state index contributed by atoms with van der Waals surface area (Å²) in [4.78, 5) is 36.4. The average Bonchev–Trinajstić information content (AvgIpc) is 3.43. The standard InChI is InChI=1S/C24H33N5O3/c1-17-8-5-6-9-18(17)21-25-20(32-26-21)16-27-12-14-28(15-13-27)22(30)19-10-7-11-29(19)23(31)24(2,3)4/h5-6,8-9,19H,7,10-16H2,1-4H3. The van der Waals surface area contributed by atoms with E-state index in [1.54, 1.807) is 4.90 Å². The monoisotopic (exact) mass is 439 g/mol. The summed E-state index contributed by atoms with van der Waals surface area (Å²) < 4.78 is 5.48. The molecule has 1 aromatic carbocycles. The maximum Gasteiger partial charge on any atom is 0.245 e. The first-order chi connectivity index (χ1) is 15.2. The van der Waals surface area contributed by atoms with Gasteiger partial charge in [-0.2, -0.15) is 4.98 Å². The van der Waals surface area contributed by atoms with Gasteiger partial charge in [0, 0.05) is 43.7 Å². The van der Waals surface area contributed by atoms with Crippen molar-refractivity contribution < 1.29 is 14.1 Å². The van der Waals surface area contributed by atoms with Crippen LogP contribution in [-0.4, -0.2) is 75.4 Å². The second-order valence-corrected chi connectivity index (χ2v) is 9.83. The normalized spacial score (nSPS) is 20.1. The number of benzene rings is 1. The van der Waals surface area contributed by atoms with Crippen LogP contribution in [0.2, 0.25) is 0 Å². The Morgan fingerprint density at radius 2 is 1.81 bits per heavy atom. The van der Waals surface area contributed by atoms with Crippen LogP contribution in [0.15, 0.2) is 28.8 Å². The van der Waals surface area contributed by atoms with E-state index in [1.165, 1.54) is 0 Å². The summed E-state index contributed by atoms with van der Waals surface area (Å²) in [6.07, 6.45) is 1.64. The zero-order valence-electron chi connectivity index (χ0n) is 19.5. The SMILES string of the molecule is Cc1ccccc1-c1noc(CN2CCN(C(=O)C3CCCN3C(=O)C(C)(C)C)CC2)n1. The van der Waals surface area contributed by atoms with E-state index < -0.39 is 5.41 Å². The van der Waals surface area contributed by atoms with Gasteiger partial charge in [0.1, 0.15) is 6.04 Å². The van der Waals surface area contributed by atoms with Crippen LogP contribution in [0, 0.1) is 12.3 Å². The molecular weight excluding hydrogens is 406 g/mol. The van der Waals surface area contributed by atoms with Gasteiger partial charge in [0.15, 0.2) is 0 Å². The Balaban J connectivity index is 1.32. The van der Waals surface area contributed by atoms with Crippen molar-refractivity contribution in [2.75, 3.05) is 32.7 Å². The van der Waals surface area contributed by atoms with Gasteiger partial charge in [0.25, 0.3) is 0 Å². The van der Waals surface area contributed by atoms with Crippen LogP contribution in [0.4, 0.5) is 0 Å². The first-order valence-corrected chi connectivity index (χ1v) is 11.4. The summed E-state index contributed by atoms with van der Waals surface area (Å²) in [7, 11) is 0. The zero-order valence-corrected chi connectivity index (χ0v) is 19.5. The fourth-order valence-corrected chi connectivity index (χ4v) is 4.48. The average molecular weight is 440 g/mol. The number of hydrogen-bond acceptors (Lipinski definition) is 6. The number of rotatable bonds is 4. The molecule has 1 atom stereocenters. The predicted octanol–water partition coefficient (Wildman–Crippen LogP) is 2.73. The summed E-state index contributed by atoms with van der Waals surface area (Å²) in [5, 5.41) is 4.14. The van der Waals surface area contributed by atoms with Crippen molar-refractivity contribution in [3.63, 3.8) is 0 Å². The number of aromatic nitrogens is 2. The van der Waals surface area contributed by atoms with Crippen LogP contribution < -0.4 is 0 Å². The van der Waals surface area contributed by atoms with Crippen LogP contribution in [0.3, 0.4) is 0 Å². The number of likely N-dealkylation sites (tertiary alicyclic amines) is 1. The van der Waals surface area contributed by atoms with Gasteiger partial charge >= 0.3 is 0 Å². The topological polar surface area (TPSA) is 82.8 Å². The summed E-state index contributed by atoms with van der Waals surface area (Å²) in [5.41, 5.74) is 1.62. The molecule has 2 aromatic rings. The molecule has 172 valence electrons. The molecule has 1 aromatic heterocycles. The van der Waals surface area contributed by atoms with E-state index in [-0.39, 0.29) is 17.9 Å². The number of amides is 2. The molecular formula is C24H33N5O3. The summed E-state index contributed by atoms with van der Waals surface area (Å²) in [6.45, 7) is 11.8. The summed E-state index contributed by atoms with van der Waals surface area (Å²) in [5.74, 6) is 1.34. The summed E-state index contributed by atoms with van der Waals surface area (Å²) in [6, 6.07) is 7.66. The minimum absolute atomic E-state index is 0.0628. The Hall–Kier alpha value is -2.74. The number of carbonyl (C=O) groups is 2. The Morgan fingerprint density at radius 3 is 2.50 bits per heavy atom. The zero-order chi connectivity index (χ0) is 22.9. The van der Waals surface area contributed by atoms with Gasteiger partial charge in [-0.05, 0) is 25.3 Å². The fourth-order valence-electron chi connectivity index (χ4n) is 4.48. The molecule has 8 heteroatoms. The Morgan fingerprint density at radius 1 is 1.09 bits per heavy atom. The van der Waals surface area contributed by atoms with E-state index in [9.17, 15) is 9.59 Å². The van der Waals surface area contributed by atoms with E-state index in [1.807, 2.05) is 56.9 Å². The molecule has 2 amide bonds. The van der Waals surface area contributed by atoms with Gasteiger partial charge in [0.2, 0.25) is 23.5 Å². The molecule has 1 unspecified atom stereocenters. The largest absolute Gasteiger partial charge is 0.338 e. The van der Waals surface area contributed by atoms with Crippen molar-refractivity contribution in [2.45, 2.75) is 53.1 Å². The Labute approximate surface area is 189 Å². The summed E-state index contributed by atoms with van der Waals surface area (Å²) >= 11 is 0. The lowest BCUT2D eigenvalue weighted by atomic mass is 9.94. The third-order valence-corrected chi connectivity index (χ3v) is 6.34. The molecule has 0 N–H and O–H groups in total. The van der Waals surface area contributed by atoms with E-state index >= 15 is 0 Å². The lowest BCUT2D eigenvalue weighted by Gasteiger charge is -2.37. The molecule has 32 heavy (non-hydrogen) atoms.